The van der Waals surface area contributed by atoms with Crippen molar-refractivity contribution < 1.29 is 14.3 Å². The SMILES string of the molecule is COC(=O)C1(OCN(N)CN=O)Cc2cc(C)ccc2C1C. The van der Waals surface area contributed by atoms with E-state index in [4.69, 9.17) is 15.3 Å². The Bertz CT molecular complexity index is 578. The molecule has 0 aromatic heterocycles. The van der Waals surface area contributed by atoms with Gasteiger partial charge in [-0.2, -0.15) is 5.01 Å². The maximum absolute atomic E-state index is 12.4. The number of carbonyl (C=O) groups excluding carboxylic acids is 1. The third kappa shape index (κ3) is 2.87. The second-order valence-corrected chi connectivity index (χ2v) is 5.61. The van der Waals surface area contributed by atoms with Crippen molar-refractivity contribution in [1.29, 1.82) is 0 Å². The highest BCUT2D eigenvalue weighted by Gasteiger charge is 2.52. The molecule has 2 atom stereocenters. The Labute approximate surface area is 129 Å². The van der Waals surface area contributed by atoms with Crippen LogP contribution in [0, 0.1) is 11.8 Å². The van der Waals surface area contributed by atoms with Crippen LogP contribution in [0.25, 0.3) is 0 Å². The molecule has 7 heteroatoms. The summed E-state index contributed by atoms with van der Waals surface area (Å²) in [5.74, 6) is 4.98. The van der Waals surface area contributed by atoms with Crippen molar-refractivity contribution in [2.45, 2.75) is 31.8 Å². The van der Waals surface area contributed by atoms with Gasteiger partial charge in [-0.3, -0.25) is 5.84 Å². The lowest BCUT2D eigenvalue weighted by Gasteiger charge is -2.32. The fourth-order valence-electron chi connectivity index (χ4n) is 2.97. The smallest absolute Gasteiger partial charge is 0.339 e. The molecule has 0 saturated heterocycles. The molecule has 1 aromatic rings. The van der Waals surface area contributed by atoms with Gasteiger partial charge in [0.15, 0.2) is 5.60 Å². The molecule has 2 rings (SSSR count). The number of aryl methyl sites for hydroxylation is 1. The van der Waals surface area contributed by atoms with Gasteiger partial charge in [-0.1, -0.05) is 35.9 Å². The van der Waals surface area contributed by atoms with Crippen LogP contribution >= 0.6 is 0 Å². The topological polar surface area (TPSA) is 94.2 Å². The highest BCUT2D eigenvalue weighted by molar-refractivity contribution is 5.83. The monoisotopic (exact) mass is 307 g/mol. The molecule has 0 spiro atoms. The first-order chi connectivity index (χ1) is 10.4. The zero-order valence-electron chi connectivity index (χ0n) is 13.0. The number of nitrogens with two attached hydrogens (primary N) is 1. The molecule has 0 aliphatic heterocycles. The van der Waals surface area contributed by atoms with Crippen LogP contribution in [-0.4, -0.2) is 37.1 Å². The number of fused-ring (bicyclic) bond motifs is 1. The molecular formula is C15H21N3O4. The van der Waals surface area contributed by atoms with E-state index in [1.54, 1.807) is 0 Å². The summed E-state index contributed by atoms with van der Waals surface area (Å²) in [5.41, 5.74) is 2.12. The van der Waals surface area contributed by atoms with Gasteiger partial charge in [0.05, 0.1) is 7.11 Å². The Kier molecular flexibility index (Phi) is 4.90. The Morgan fingerprint density at radius 2 is 2.27 bits per heavy atom. The maximum atomic E-state index is 12.4. The van der Waals surface area contributed by atoms with E-state index in [-0.39, 0.29) is 19.3 Å². The van der Waals surface area contributed by atoms with Crippen molar-refractivity contribution in [2.75, 3.05) is 20.5 Å². The molecule has 0 bridgehead atoms. The summed E-state index contributed by atoms with van der Waals surface area (Å²) >= 11 is 0. The molecule has 0 heterocycles. The molecule has 22 heavy (non-hydrogen) atoms. The summed E-state index contributed by atoms with van der Waals surface area (Å²) in [5, 5.41) is 3.80. The van der Waals surface area contributed by atoms with Crippen LogP contribution in [0.3, 0.4) is 0 Å². The van der Waals surface area contributed by atoms with E-state index in [1.165, 1.54) is 7.11 Å². The molecule has 2 N–H and O–H groups in total. The van der Waals surface area contributed by atoms with Crippen molar-refractivity contribution in [3.8, 4) is 0 Å². The highest BCUT2D eigenvalue weighted by atomic mass is 16.6. The number of rotatable bonds is 6. The van der Waals surface area contributed by atoms with Gasteiger partial charge in [-0.05, 0) is 18.1 Å². The first-order valence-electron chi connectivity index (χ1n) is 7.05. The van der Waals surface area contributed by atoms with Gasteiger partial charge in [-0.15, -0.1) is 4.91 Å². The predicted octanol–water partition coefficient (Wildman–Crippen LogP) is 1.44. The predicted molar refractivity (Wildman–Crippen MR) is 80.7 cm³/mol. The summed E-state index contributed by atoms with van der Waals surface area (Å²) in [6.45, 7) is 3.63. The van der Waals surface area contributed by atoms with E-state index in [9.17, 15) is 9.70 Å². The van der Waals surface area contributed by atoms with Gasteiger partial charge in [0.1, 0.15) is 13.4 Å². The number of nitroso groups, excluding NO2 is 1. The number of hydrogen-bond donors (Lipinski definition) is 1. The Morgan fingerprint density at radius 3 is 2.91 bits per heavy atom. The van der Waals surface area contributed by atoms with Gasteiger partial charge >= 0.3 is 5.97 Å². The third-order valence-electron chi connectivity index (χ3n) is 4.18. The lowest BCUT2D eigenvalue weighted by atomic mass is 9.89. The minimum absolute atomic E-state index is 0.0852. The van der Waals surface area contributed by atoms with Crippen molar-refractivity contribution in [3.05, 3.63) is 39.8 Å². The number of methoxy groups -OCH3 is 1. The van der Waals surface area contributed by atoms with Crippen LogP contribution in [0.15, 0.2) is 23.4 Å². The van der Waals surface area contributed by atoms with Crippen molar-refractivity contribution in [3.63, 3.8) is 0 Å². The molecule has 0 saturated carbocycles. The van der Waals surface area contributed by atoms with Crippen molar-refractivity contribution in [2.24, 2.45) is 11.0 Å². The molecule has 0 fully saturated rings. The van der Waals surface area contributed by atoms with Gasteiger partial charge in [-0.25, -0.2) is 4.79 Å². The second kappa shape index (κ2) is 6.51. The zero-order chi connectivity index (χ0) is 16.3. The van der Waals surface area contributed by atoms with Crippen LogP contribution in [0.1, 0.15) is 29.5 Å². The second-order valence-electron chi connectivity index (χ2n) is 5.61. The fourth-order valence-corrected chi connectivity index (χ4v) is 2.97. The fraction of sp³-hybridized carbons (Fsp3) is 0.533. The molecule has 2 unspecified atom stereocenters. The van der Waals surface area contributed by atoms with Crippen LogP contribution in [0.2, 0.25) is 0 Å². The Morgan fingerprint density at radius 1 is 1.55 bits per heavy atom. The van der Waals surface area contributed by atoms with E-state index in [2.05, 4.69) is 5.18 Å². The average molecular weight is 307 g/mol. The third-order valence-corrected chi connectivity index (χ3v) is 4.18. The minimum Gasteiger partial charge on any atom is -0.467 e. The molecule has 0 amide bonds. The van der Waals surface area contributed by atoms with Crippen LogP contribution in [-0.2, 0) is 20.7 Å². The molecule has 7 nitrogen and oxygen atoms in total. The number of esters is 1. The Balaban J connectivity index is 2.28. The normalized spacial score (nSPS) is 23.4. The summed E-state index contributed by atoms with van der Waals surface area (Å²) in [6.07, 6.45) is 0.417. The summed E-state index contributed by atoms with van der Waals surface area (Å²) < 4.78 is 10.8. The first-order valence-corrected chi connectivity index (χ1v) is 7.05. The van der Waals surface area contributed by atoms with Gasteiger partial charge < -0.3 is 9.47 Å². The number of hydrazine groups is 1. The maximum Gasteiger partial charge on any atom is 0.339 e. The zero-order valence-corrected chi connectivity index (χ0v) is 13.0. The quantitative estimate of drug-likeness (QED) is 0.281. The minimum atomic E-state index is -1.13. The largest absolute Gasteiger partial charge is 0.467 e. The lowest BCUT2D eigenvalue weighted by molar-refractivity contribution is -0.178. The van der Waals surface area contributed by atoms with Crippen molar-refractivity contribution in [1.82, 2.24) is 5.01 Å². The number of ether oxygens (including phenoxy) is 2. The number of benzene rings is 1. The molecule has 120 valence electrons. The highest BCUT2D eigenvalue weighted by Crippen LogP contribution is 2.44. The number of nitrogens with zero attached hydrogens (tertiary/aromatic N) is 2. The van der Waals surface area contributed by atoms with Crippen LogP contribution in [0.5, 0.6) is 0 Å². The molecule has 1 aliphatic rings. The summed E-state index contributed by atoms with van der Waals surface area (Å²) in [4.78, 5) is 22.6. The van der Waals surface area contributed by atoms with E-state index in [0.29, 0.717) is 6.42 Å². The molecule has 1 aromatic carbocycles. The van der Waals surface area contributed by atoms with Crippen LogP contribution < -0.4 is 5.84 Å². The molecule has 0 radical (unpaired) electrons. The van der Waals surface area contributed by atoms with Crippen LogP contribution in [0.4, 0.5) is 0 Å². The standard InChI is InChI=1S/C15H21N3O4/c1-10-4-5-13-11(2)15(14(19)21-3,7-12(13)6-10)22-9-18(16)8-17-20/h4-6,11H,7-9,16H2,1-3H3. The van der Waals surface area contributed by atoms with Gasteiger partial charge in [0, 0.05) is 12.3 Å². The van der Waals surface area contributed by atoms with E-state index in [0.717, 1.165) is 21.7 Å². The van der Waals surface area contributed by atoms with E-state index in [1.807, 2.05) is 32.0 Å². The molecular weight excluding hydrogens is 286 g/mol. The number of carbonyl (C=O) groups is 1. The molecule has 1 aliphatic carbocycles. The van der Waals surface area contributed by atoms with Gasteiger partial charge in [0.2, 0.25) is 0 Å². The number of hydrogen-bond acceptors (Lipinski definition) is 7. The summed E-state index contributed by atoms with van der Waals surface area (Å²) in [7, 11) is 1.33. The van der Waals surface area contributed by atoms with E-state index < -0.39 is 11.6 Å². The average Bonchev–Trinajstić information content (AvgIpc) is 2.77. The lowest BCUT2D eigenvalue weighted by Crippen LogP contribution is -2.49. The first kappa shape index (κ1) is 16.5. The van der Waals surface area contributed by atoms with Gasteiger partial charge in [0.25, 0.3) is 0 Å². The Hall–Kier alpha value is -1.83. The summed E-state index contributed by atoms with van der Waals surface area (Å²) in [6, 6.07) is 6.07. The van der Waals surface area contributed by atoms with Crippen molar-refractivity contribution >= 4 is 5.97 Å². The van der Waals surface area contributed by atoms with E-state index >= 15 is 0 Å².